The van der Waals surface area contributed by atoms with Crippen LogP contribution in [0.2, 0.25) is 0 Å². The largest absolute Gasteiger partial charge is 0.367 e. The maximum absolute atomic E-state index is 12.7. The predicted molar refractivity (Wildman–Crippen MR) is 111 cm³/mol. The van der Waals surface area contributed by atoms with Gasteiger partial charge in [-0.2, -0.15) is 0 Å². The zero-order valence-corrected chi connectivity index (χ0v) is 17.1. The summed E-state index contributed by atoms with van der Waals surface area (Å²) >= 11 is 0. The number of primary amides is 1. The van der Waals surface area contributed by atoms with Crippen LogP contribution in [0.3, 0.4) is 0 Å². The molecule has 5 heteroatoms. The second-order valence-corrected chi connectivity index (χ2v) is 7.49. The lowest BCUT2D eigenvalue weighted by Crippen LogP contribution is -2.60. The van der Waals surface area contributed by atoms with E-state index in [-0.39, 0.29) is 6.61 Å². The number of rotatable bonds is 6. The SMILES string of the molecule is CC[C@@H]1OC(C)(C)O[C@@]1(C(N)=O)[C@H](C#Cc1ccccc1)OCc1ccccc1. The van der Waals surface area contributed by atoms with Crippen LogP contribution >= 0.6 is 0 Å². The van der Waals surface area contributed by atoms with Crippen LogP contribution in [-0.4, -0.2) is 29.5 Å². The van der Waals surface area contributed by atoms with Crippen LogP contribution in [0, 0.1) is 11.8 Å². The molecule has 1 heterocycles. The third-order valence-electron chi connectivity index (χ3n) is 4.85. The normalized spacial score (nSPS) is 23.8. The lowest BCUT2D eigenvalue weighted by atomic mass is 9.87. The number of nitrogens with two attached hydrogens (primary N) is 1. The molecule has 2 aromatic rings. The van der Waals surface area contributed by atoms with Crippen LogP contribution in [0.25, 0.3) is 0 Å². The summed E-state index contributed by atoms with van der Waals surface area (Å²) in [6, 6.07) is 19.2. The van der Waals surface area contributed by atoms with Crippen molar-refractivity contribution in [2.24, 2.45) is 5.73 Å². The molecule has 3 atom stereocenters. The Bertz CT molecular complexity index is 885. The minimum absolute atomic E-state index is 0.268. The van der Waals surface area contributed by atoms with E-state index in [0.29, 0.717) is 6.42 Å². The van der Waals surface area contributed by atoms with Crippen LogP contribution in [0.5, 0.6) is 0 Å². The average molecular weight is 393 g/mol. The topological polar surface area (TPSA) is 70.8 Å². The lowest BCUT2D eigenvalue weighted by molar-refractivity contribution is -0.190. The molecule has 0 saturated carbocycles. The smallest absolute Gasteiger partial charge is 0.256 e. The summed E-state index contributed by atoms with van der Waals surface area (Å²) in [4.78, 5) is 12.7. The first kappa shape index (κ1) is 21.1. The fourth-order valence-corrected chi connectivity index (χ4v) is 3.57. The number of hydrogen-bond acceptors (Lipinski definition) is 4. The zero-order chi connectivity index (χ0) is 20.9. The highest BCUT2D eigenvalue weighted by Crippen LogP contribution is 2.41. The Morgan fingerprint density at radius 1 is 1.14 bits per heavy atom. The molecule has 1 aliphatic heterocycles. The molecule has 5 nitrogen and oxygen atoms in total. The van der Waals surface area contributed by atoms with E-state index in [1.165, 1.54) is 0 Å². The molecular weight excluding hydrogens is 366 g/mol. The van der Waals surface area contributed by atoms with Crippen LogP contribution in [0.1, 0.15) is 38.3 Å². The molecule has 0 spiro atoms. The molecule has 1 amide bonds. The first-order valence-corrected chi connectivity index (χ1v) is 9.77. The molecule has 152 valence electrons. The molecular formula is C24H27NO4. The van der Waals surface area contributed by atoms with Crippen molar-refractivity contribution in [2.45, 2.75) is 57.4 Å². The Morgan fingerprint density at radius 2 is 1.76 bits per heavy atom. The zero-order valence-electron chi connectivity index (χ0n) is 17.1. The van der Waals surface area contributed by atoms with Crippen molar-refractivity contribution in [1.29, 1.82) is 0 Å². The summed E-state index contributed by atoms with van der Waals surface area (Å²) in [5.74, 6) is 4.57. The molecule has 2 N–H and O–H groups in total. The van der Waals surface area contributed by atoms with Crippen molar-refractivity contribution in [3.8, 4) is 11.8 Å². The van der Waals surface area contributed by atoms with E-state index >= 15 is 0 Å². The van der Waals surface area contributed by atoms with Crippen molar-refractivity contribution < 1.29 is 19.0 Å². The first-order valence-electron chi connectivity index (χ1n) is 9.77. The lowest BCUT2D eigenvalue weighted by Gasteiger charge is -2.34. The maximum atomic E-state index is 12.7. The van der Waals surface area contributed by atoms with Gasteiger partial charge in [-0.05, 0) is 38.0 Å². The summed E-state index contributed by atoms with van der Waals surface area (Å²) in [5.41, 5.74) is 6.14. The van der Waals surface area contributed by atoms with Gasteiger partial charge in [0, 0.05) is 5.56 Å². The molecule has 1 fully saturated rings. The van der Waals surface area contributed by atoms with Crippen LogP contribution < -0.4 is 5.73 Å². The summed E-state index contributed by atoms with van der Waals surface area (Å²) in [6.07, 6.45) is -0.933. The van der Waals surface area contributed by atoms with E-state index in [2.05, 4.69) is 11.8 Å². The molecule has 0 bridgehead atoms. The number of carbonyl (C=O) groups is 1. The summed E-state index contributed by atoms with van der Waals surface area (Å²) in [7, 11) is 0. The monoisotopic (exact) mass is 393 g/mol. The summed E-state index contributed by atoms with van der Waals surface area (Å²) in [5, 5.41) is 0. The number of ether oxygens (including phenoxy) is 3. The minimum atomic E-state index is -1.51. The molecule has 0 unspecified atom stereocenters. The Kier molecular flexibility index (Phi) is 6.39. The van der Waals surface area contributed by atoms with Gasteiger partial charge in [-0.3, -0.25) is 4.79 Å². The fraction of sp³-hybridized carbons (Fsp3) is 0.375. The predicted octanol–water partition coefficient (Wildman–Crippen LogP) is 3.41. The van der Waals surface area contributed by atoms with Gasteiger partial charge < -0.3 is 19.9 Å². The molecule has 0 radical (unpaired) electrons. The Morgan fingerprint density at radius 3 is 2.34 bits per heavy atom. The van der Waals surface area contributed by atoms with E-state index < -0.39 is 29.5 Å². The van der Waals surface area contributed by atoms with Crippen molar-refractivity contribution in [1.82, 2.24) is 0 Å². The van der Waals surface area contributed by atoms with E-state index in [4.69, 9.17) is 19.9 Å². The third kappa shape index (κ3) is 4.68. The Labute approximate surface area is 172 Å². The van der Waals surface area contributed by atoms with Gasteiger partial charge in [-0.15, -0.1) is 0 Å². The van der Waals surface area contributed by atoms with E-state index in [0.717, 1.165) is 11.1 Å². The molecule has 2 aromatic carbocycles. The van der Waals surface area contributed by atoms with Crippen LogP contribution in [0.15, 0.2) is 60.7 Å². The molecule has 1 aliphatic rings. The standard InChI is InChI=1S/C24H27NO4/c1-4-20-24(22(25)26,29-23(2,3)28-20)21(16-15-18-11-7-5-8-12-18)27-17-19-13-9-6-10-14-19/h5-14,20-21H,4,17H2,1-3H3,(H2,25,26)/t20-,21-,24+/m0/s1. The third-order valence-corrected chi connectivity index (χ3v) is 4.85. The number of hydrogen-bond donors (Lipinski definition) is 1. The summed E-state index contributed by atoms with van der Waals surface area (Å²) in [6.45, 7) is 5.72. The van der Waals surface area contributed by atoms with Gasteiger partial charge >= 0.3 is 0 Å². The Hall–Kier alpha value is -2.65. The van der Waals surface area contributed by atoms with Gasteiger partial charge in [0.2, 0.25) is 5.60 Å². The number of amides is 1. The minimum Gasteiger partial charge on any atom is -0.367 e. The molecule has 1 saturated heterocycles. The van der Waals surface area contributed by atoms with Crippen molar-refractivity contribution in [2.75, 3.05) is 0 Å². The van der Waals surface area contributed by atoms with E-state index in [1.807, 2.05) is 67.6 Å². The van der Waals surface area contributed by atoms with Gasteiger partial charge in [0.05, 0.1) is 6.61 Å². The van der Waals surface area contributed by atoms with Gasteiger partial charge in [0.25, 0.3) is 5.91 Å². The highest BCUT2D eigenvalue weighted by Gasteiger charge is 2.61. The molecule has 29 heavy (non-hydrogen) atoms. The van der Waals surface area contributed by atoms with Crippen molar-refractivity contribution in [3.05, 3.63) is 71.8 Å². The highest BCUT2D eigenvalue weighted by atomic mass is 16.8. The van der Waals surface area contributed by atoms with Gasteiger partial charge in [-0.25, -0.2) is 0 Å². The second-order valence-electron chi connectivity index (χ2n) is 7.49. The van der Waals surface area contributed by atoms with Crippen molar-refractivity contribution >= 4 is 5.91 Å². The summed E-state index contributed by atoms with van der Waals surface area (Å²) < 4.78 is 18.3. The highest BCUT2D eigenvalue weighted by molar-refractivity contribution is 5.86. The maximum Gasteiger partial charge on any atom is 0.256 e. The fourth-order valence-electron chi connectivity index (χ4n) is 3.57. The second kappa shape index (κ2) is 8.79. The van der Waals surface area contributed by atoms with Crippen molar-refractivity contribution in [3.63, 3.8) is 0 Å². The quantitative estimate of drug-likeness (QED) is 0.764. The number of carbonyl (C=O) groups excluding carboxylic acids is 1. The average Bonchev–Trinajstić information content (AvgIpc) is 3.01. The molecule has 0 aliphatic carbocycles. The van der Waals surface area contributed by atoms with Gasteiger partial charge in [-0.1, -0.05) is 67.3 Å². The van der Waals surface area contributed by atoms with Gasteiger partial charge in [0.1, 0.15) is 6.10 Å². The van der Waals surface area contributed by atoms with Gasteiger partial charge in [0.15, 0.2) is 11.9 Å². The number of benzene rings is 2. The van der Waals surface area contributed by atoms with E-state index in [1.54, 1.807) is 13.8 Å². The Balaban J connectivity index is 1.99. The molecule has 0 aromatic heterocycles. The molecule has 3 rings (SSSR count). The van der Waals surface area contributed by atoms with E-state index in [9.17, 15) is 4.79 Å². The van der Waals surface area contributed by atoms with Crippen LogP contribution in [0.4, 0.5) is 0 Å². The van der Waals surface area contributed by atoms with Crippen LogP contribution in [-0.2, 0) is 25.6 Å². The first-order chi connectivity index (χ1) is 13.9.